The third kappa shape index (κ3) is 3.79. The van der Waals surface area contributed by atoms with Crippen LogP contribution < -0.4 is 4.74 Å². The highest BCUT2D eigenvalue weighted by Crippen LogP contribution is 2.16. The summed E-state index contributed by atoms with van der Waals surface area (Å²) in [5.74, 6) is 1.40. The third-order valence-corrected chi connectivity index (χ3v) is 2.65. The average Bonchev–Trinajstić information content (AvgIpc) is 2.38. The maximum Gasteiger partial charge on any atom is 0.119 e. The predicted molar refractivity (Wildman–Crippen MR) is 71.9 cm³/mol. The molecule has 0 heterocycles. The van der Waals surface area contributed by atoms with E-state index in [1.165, 1.54) is 11.1 Å². The summed E-state index contributed by atoms with van der Waals surface area (Å²) < 4.78 is 5.50. The second kappa shape index (κ2) is 6.31. The molecule has 0 aliphatic carbocycles. The van der Waals surface area contributed by atoms with Crippen molar-refractivity contribution in [2.45, 2.75) is 6.42 Å². The Balaban J connectivity index is 2.06. The fraction of sp³-hybridized carbons (Fsp3) is 0.200. The zero-order chi connectivity index (χ0) is 11.9. The predicted octanol–water partition coefficient (Wildman–Crippen LogP) is 3.90. The minimum atomic E-state index is 0.517. The van der Waals surface area contributed by atoms with Gasteiger partial charge in [0, 0.05) is 0 Å². The highest BCUT2D eigenvalue weighted by Gasteiger charge is 1.98. The normalized spacial score (nSPS) is 10.2. The van der Waals surface area contributed by atoms with Gasteiger partial charge in [0.2, 0.25) is 0 Å². The van der Waals surface area contributed by atoms with Crippen molar-refractivity contribution in [2.24, 2.45) is 0 Å². The van der Waals surface area contributed by atoms with Crippen LogP contribution in [0.2, 0.25) is 0 Å². The lowest BCUT2D eigenvalue weighted by atomic mass is 10.1. The topological polar surface area (TPSA) is 9.23 Å². The van der Waals surface area contributed by atoms with E-state index >= 15 is 0 Å². The van der Waals surface area contributed by atoms with Gasteiger partial charge in [-0.1, -0.05) is 42.5 Å². The molecule has 0 aromatic heterocycles. The van der Waals surface area contributed by atoms with Crippen LogP contribution in [0.4, 0.5) is 0 Å². The first-order chi connectivity index (χ1) is 8.38. The summed E-state index contributed by atoms with van der Waals surface area (Å²) in [6.45, 7) is 0.552. The minimum Gasteiger partial charge on any atom is -0.492 e. The van der Waals surface area contributed by atoms with Gasteiger partial charge in [0.25, 0.3) is 0 Å². The Morgan fingerprint density at radius 1 is 0.882 bits per heavy atom. The molecule has 2 rings (SSSR count). The van der Waals surface area contributed by atoms with Crippen molar-refractivity contribution >= 4 is 11.6 Å². The molecule has 0 aliphatic heterocycles. The first-order valence-corrected chi connectivity index (χ1v) is 6.23. The molecule has 88 valence electrons. The fourth-order valence-electron chi connectivity index (χ4n) is 1.73. The van der Waals surface area contributed by atoms with Crippen LogP contribution in [0.3, 0.4) is 0 Å². The number of halogens is 1. The van der Waals surface area contributed by atoms with Crippen LogP contribution in [-0.4, -0.2) is 12.5 Å². The number of ether oxygens (including phenoxy) is 1. The lowest BCUT2D eigenvalue weighted by molar-refractivity contribution is 0.342. The van der Waals surface area contributed by atoms with E-state index in [1.54, 1.807) is 0 Å². The van der Waals surface area contributed by atoms with E-state index in [0.29, 0.717) is 12.5 Å². The van der Waals surface area contributed by atoms with Crippen molar-refractivity contribution in [3.8, 4) is 5.75 Å². The van der Waals surface area contributed by atoms with Crippen LogP contribution in [0.1, 0.15) is 11.1 Å². The molecule has 0 unspecified atom stereocenters. The smallest absolute Gasteiger partial charge is 0.119 e. The van der Waals surface area contributed by atoms with Crippen LogP contribution in [0, 0.1) is 0 Å². The zero-order valence-electron chi connectivity index (χ0n) is 9.60. The van der Waals surface area contributed by atoms with E-state index in [-0.39, 0.29) is 0 Å². The number of benzene rings is 2. The SMILES string of the molecule is ClCCOc1cccc(Cc2ccccc2)c1. The first kappa shape index (κ1) is 12.0. The molecule has 2 aromatic rings. The molecule has 0 saturated carbocycles. The molecule has 0 fully saturated rings. The van der Waals surface area contributed by atoms with Gasteiger partial charge in [-0.15, -0.1) is 11.6 Å². The van der Waals surface area contributed by atoms with Gasteiger partial charge in [-0.25, -0.2) is 0 Å². The maximum atomic E-state index is 5.60. The highest BCUT2D eigenvalue weighted by molar-refractivity contribution is 6.17. The number of hydrogen-bond acceptors (Lipinski definition) is 1. The largest absolute Gasteiger partial charge is 0.492 e. The van der Waals surface area contributed by atoms with Crippen LogP contribution >= 0.6 is 11.6 Å². The zero-order valence-corrected chi connectivity index (χ0v) is 10.4. The molecule has 2 aromatic carbocycles. The van der Waals surface area contributed by atoms with Crippen molar-refractivity contribution < 1.29 is 4.74 Å². The average molecular weight is 247 g/mol. The third-order valence-electron chi connectivity index (χ3n) is 2.50. The van der Waals surface area contributed by atoms with E-state index in [9.17, 15) is 0 Å². The standard InChI is InChI=1S/C15H15ClO/c16-9-10-17-15-8-4-7-14(12-15)11-13-5-2-1-3-6-13/h1-8,12H,9-11H2. The Hall–Kier alpha value is -1.47. The van der Waals surface area contributed by atoms with Crippen LogP contribution in [0.25, 0.3) is 0 Å². The highest BCUT2D eigenvalue weighted by atomic mass is 35.5. The summed E-state index contributed by atoms with van der Waals surface area (Å²) >= 11 is 5.60. The van der Waals surface area contributed by atoms with Crippen molar-refractivity contribution in [2.75, 3.05) is 12.5 Å². The van der Waals surface area contributed by atoms with Gasteiger partial charge in [0.15, 0.2) is 0 Å². The molecular formula is C15H15ClO. The lowest BCUT2D eigenvalue weighted by Crippen LogP contribution is -1.98. The molecule has 0 spiro atoms. The molecule has 0 amide bonds. The summed E-state index contributed by atoms with van der Waals surface area (Å²) in [4.78, 5) is 0. The van der Waals surface area contributed by atoms with Crippen molar-refractivity contribution in [3.05, 3.63) is 65.7 Å². The van der Waals surface area contributed by atoms with Crippen molar-refractivity contribution in [1.29, 1.82) is 0 Å². The van der Waals surface area contributed by atoms with Crippen molar-refractivity contribution in [3.63, 3.8) is 0 Å². The Morgan fingerprint density at radius 3 is 2.41 bits per heavy atom. The van der Waals surface area contributed by atoms with Crippen LogP contribution in [0.15, 0.2) is 54.6 Å². The molecule has 0 atom stereocenters. The second-order valence-corrected chi connectivity index (χ2v) is 4.23. The Morgan fingerprint density at radius 2 is 1.65 bits per heavy atom. The molecule has 1 nitrogen and oxygen atoms in total. The summed E-state index contributed by atoms with van der Waals surface area (Å²) in [6, 6.07) is 18.6. The van der Waals surface area contributed by atoms with Gasteiger partial charge < -0.3 is 4.74 Å². The molecule has 0 saturated heterocycles. The van der Waals surface area contributed by atoms with E-state index in [2.05, 4.69) is 36.4 Å². The molecule has 2 heteroatoms. The van der Waals surface area contributed by atoms with Gasteiger partial charge in [0.1, 0.15) is 12.4 Å². The fourth-order valence-corrected chi connectivity index (χ4v) is 1.81. The summed E-state index contributed by atoms with van der Waals surface area (Å²) in [5.41, 5.74) is 2.56. The van der Waals surface area contributed by atoms with Crippen LogP contribution in [-0.2, 0) is 6.42 Å². The number of rotatable bonds is 5. The number of alkyl halides is 1. The van der Waals surface area contributed by atoms with Crippen molar-refractivity contribution in [1.82, 2.24) is 0 Å². The summed E-state index contributed by atoms with van der Waals surface area (Å²) in [5, 5.41) is 0. The van der Waals surface area contributed by atoms with Gasteiger partial charge in [-0.3, -0.25) is 0 Å². The number of hydrogen-bond donors (Lipinski definition) is 0. The lowest BCUT2D eigenvalue weighted by Gasteiger charge is -2.06. The van der Waals surface area contributed by atoms with E-state index in [1.807, 2.05) is 18.2 Å². The summed E-state index contributed by atoms with van der Waals surface area (Å²) in [6.07, 6.45) is 0.929. The van der Waals surface area contributed by atoms with Gasteiger partial charge in [-0.05, 0) is 29.7 Å². The van der Waals surface area contributed by atoms with E-state index in [4.69, 9.17) is 16.3 Å². The van der Waals surface area contributed by atoms with Crippen LogP contribution in [0.5, 0.6) is 5.75 Å². The van der Waals surface area contributed by atoms with Gasteiger partial charge in [0.05, 0.1) is 5.88 Å². The first-order valence-electron chi connectivity index (χ1n) is 5.70. The molecule has 0 radical (unpaired) electrons. The summed E-state index contributed by atoms with van der Waals surface area (Å²) in [7, 11) is 0. The van der Waals surface area contributed by atoms with Gasteiger partial charge >= 0.3 is 0 Å². The van der Waals surface area contributed by atoms with Gasteiger partial charge in [-0.2, -0.15) is 0 Å². The molecule has 0 N–H and O–H groups in total. The Labute approximate surface area is 107 Å². The second-order valence-electron chi connectivity index (χ2n) is 3.85. The molecule has 17 heavy (non-hydrogen) atoms. The monoisotopic (exact) mass is 246 g/mol. The van der Waals surface area contributed by atoms with E-state index in [0.717, 1.165) is 12.2 Å². The molecular weight excluding hydrogens is 232 g/mol. The Kier molecular flexibility index (Phi) is 4.45. The molecule has 0 aliphatic rings. The quantitative estimate of drug-likeness (QED) is 0.728. The molecule has 0 bridgehead atoms. The van der Waals surface area contributed by atoms with E-state index < -0.39 is 0 Å². The minimum absolute atomic E-state index is 0.517. The Bertz CT molecular complexity index is 453. The maximum absolute atomic E-state index is 5.60.